The number of hydrogen-bond donors (Lipinski definition) is 1. The number of ether oxygens (including phenoxy) is 3. The number of fused-ring (bicyclic) bond motifs is 1. The molecule has 4 rings (SSSR count). The molecule has 3 aromatic rings. The first-order valence-electron chi connectivity index (χ1n) is 11.7. The molecule has 8 nitrogen and oxygen atoms in total. The molecule has 180 valence electrons. The number of rotatable bonds is 8. The summed E-state index contributed by atoms with van der Waals surface area (Å²) in [6.45, 7) is 6.91. The number of anilines is 1. The second-order valence-corrected chi connectivity index (χ2v) is 8.12. The van der Waals surface area contributed by atoms with Crippen molar-refractivity contribution in [1.29, 1.82) is 0 Å². The molecule has 1 aliphatic rings. The molecule has 1 fully saturated rings. The number of para-hydroxylation sites is 2. The first-order valence-corrected chi connectivity index (χ1v) is 11.7. The first kappa shape index (κ1) is 23.6. The lowest BCUT2D eigenvalue weighted by Crippen LogP contribution is -2.38. The quantitative estimate of drug-likeness (QED) is 0.477. The SMILES string of the molecule is CCOC(=O)Nc1ccc2c(CN3CCC(Oc4ccccc4OCC)CC3)cc(=O)oc2c1. The Morgan fingerprint density at radius 3 is 2.56 bits per heavy atom. The Balaban J connectivity index is 1.40. The van der Waals surface area contributed by atoms with Crippen LogP contribution in [0.3, 0.4) is 0 Å². The van der Waals surface area contributed by atoms with E-state index in [4.69, 9.17) is 18.6 Å². The van der Waals surface area contributed by atoms with Gasteiger partial charge in [-0.05, 0) is 56.5 Å². The summed E-state index contributed by atoms with van der Waals surface area (Å²) < 4.78 is 22.2. The minimum absolute atomic E-state index is 0.118. The van der Waals surface area contributed by atoms with Crippen LogP contribution in [0.15, 0.2) is 57.7 Å². The van der Waals surface area contributed by atoms with Crippen molar-refractivity contribution in [2.45, 2.75) is 39.3 Å². The first-order chi connectivity index (χ1) is 16.6. The lowest BCUT2D eigenvalue weighted by Gasteiger charge is -2.32. The average Bonchev–Trinajstić information content (AvgIpc) is 2.81. The number of hydrogen-bond acceptors (Lipinski definition) is 7. The lowest BCUT2D eigenvalue weighted by atomic mass is 10.0. The number of piperidine rings is 1. The predicted octanol–water partition coefficient (Wildman–Crippen LogP) is 4.80. The smallest absolute Gasteiger partial charge is 0.411 e. The number of carbonyl (C=O) groups is 1. The van der Waals surface area contributed by atoms with Crippen LogP contribution in [0.1, 0.15) is 32.3 Å². The third-order valence-corrected chi connectivity index (χ3v) is 5.72. The van der Waals surface area contributed by atoms with Crippen molar-refractivity contribution in [3.8, 4) is 11.5 Å². The highest BCUT2D eigenvalue weighted by atomic mass is 16.5. The van der Waals surface area contributed by atoms with Crippen LogP contribution in [-0.4, -0.2) is 43.4 Å². The van der Waals surface area contributed by atoms with E-state index in [0.29, 0.717) is 24.4 Å². The van der Waals surface area contributed by atoms with Gasteiger partial charge >= 0.3 is 11.7 Å². The highest BCUT2D eigenvalue weighted by Gasteiger charge is 2.22. The predicted molar refractivity (Wildman–Crippen MR) is 130 cm³/mol. The molecule has 1 aliphatic heterocycles. The fourth-order valence-electron chi connectivity index (χ4n) is 4.15. The Hall–Kier alpha value is -3.52. The van der Waals surface area contributed by atoms with Gasteiger partial charge in [0, 0.05) is 42.8 Å². The highest BCUT2D eigenvalue weighted by Crippen LogP contribution is 2.30. The number of carbonyl (C=O) groups excluding carboxylic acids is 1. The van der Waals surface area contributed by atoms with Crippen molar-refractivity contribution in [1.82, 2.24) is 4.90 Å². The van der Waals surface area contributed by atoms with Gasteiger partial charge in [-0.1, -0.05) is 12.1 Å². The second kappa shape index (κ2) is 11.1. The van der Waals surface area contributed by atoms with Gasteiger partial charge in [0.25, 0.3) is 0 Å². The molecule has 0 saturated carbocycles. The van der Waals surface area contributed by atoms with Gasteiger partial charge < -0.3 is 18.6 Å². The number of nitrogens with one attached hydrogen (secondary N) is 1. The fourth-order valence-corrected chi connectivity index (χ4v) is 4.15. The largest absolute Gasteiger partial charge is 0.490 e. The van der Waals surface area contributed by atoms with E-state index in [1.807, 2.05) is 37.3 Å². The topological polar surface area (TPSA) is 90.2 Å². The molecule has 0 bridgehead atoms. The lowest BCUT2D eigenvalue weighted by molar-refractivity contribution is 0.0938. The van der Waals surface area contributed by atoms with E-state index < -0.39 is 11.7 Å². The molecule has 0 unspecified atom stereocenters. The maximum Gasteiger partial charge on any atom is 0.411 e. The third-order valence-electron chi connectivity index (χ3n) is 5.72. The van der Waals surface area contributed by atoms with Crippen molar-refractivity contribution >= 4 is 22.7 Å². The normalized spacial score (nSPS) is 14.6. The molecule has 0 spiro atoms. The van der Waals surface area contributed by atoms with E-state index in [1.54, 1.807) is 25.1 Å². The van der Waals surface area contributed by atoms with Crippen LogP contribution in [0.25, 0.3) is 11.0 Å². The standard InChI is InChI=1S/C26H30N2O6/c1-3-31-22-7-5-6-8-23(22)33-20-11-13-28(14-12-20)17-18-15-25(29)34-24-16-19(9-10-21(18)24)27-26(30)32-4-2/h5-10,15-16,20H,3-4,11-14,17H2,1-2H3,(H,27,30). The van der Waals surface area contributed by atoms with Crippen LogP contribution in [-0.2, 0) is 11.3 Å². The maximum absolute atomic E-state index is 12.2. The average molecular weight is 467 g/mol. The Labute approximate surface area is 198 Å². The monoisotopic (exact) mass is 466 g/mol. The zero-order valence-corrected chi connectivity index (χ0v) is 19.5. The van der Waals surface area contributed by atoms with Crippen LogP contribution in [0, 0.1) is 0 Å². The molecule has 34 heavy (non-hydrogen) atoms. The van der Waals surface area contributed by atoms with Gasteiger partial charge in [-0.2, -0.15) is 0 Å². The Morgan fingerprint density at radius 1 is 1.06 bits per heavy atom. The third kappa shape index (κ3) is 5.88. The van der Waals surface area contributed by atoms with Gasteiger partial charge in [0.2, 0.25) is 0 Å². The Bertz CT molecular complexity index is 1180. The van der Waals surface area contributed by atoms with Crippen LogP contribution in [0.4, 0.5) is 10.5 Å². The van der Waals surface area contributed by atoms with Crippen molar-refractivity contribution in [2.24, 2.45) is 0 Å². The van der Waals surface area contributed by atoms with Gasteiger partial charge in [0.05, 0.1) is 13.2 Å². The molecule has 1 saturated heterocycles. The fraction of sp³-hybridized carbons (Fsp3) is 0.385. The molecule has 2 aromatic carbocycles. The molecular weight excluding hydrogens is 436 g/mol. The zero-order valence-electron chi connectivity index (χ0n) is 19.5. The van der Waals surface area contributed by atoms with E-state index in [-0.39, 0.29) is 12.7 Å². The number of likely N-dealkylation sites (tertiary alicyclic amines) is 1. The molecule has 0 atom stereocenters. The van der Waals surface area contributed by atoms with E-state index in [9.17, 15) is 9.59 Å². The van der Waals surface area contributed by atoms with Crippen molar-refractivity contribution in [2.75, 3.05) is 31.6 Å². The van der Waals surface area contributed by atoms with Crippen molar-refractivity contribution in [3.05, 3.63) is 64.5 Å². The van der Waals surface area contributed by atoms with Gasteiger partial charge in [-0.15, -0.1) is 0 Å². The van der Waals surface area contributed by atoms with Gasteiger partial charge in [0.1, 0.15) is 11.7 Å². The summed E-state index contributed by atoms with van der Waals surface area (Å²) in [5.74, 6) is 1.55. The van der Waals surface area contributed by atoms with Gasteiger partial charge in [0.15, 0.2) is 11.5 Å². The van der Waals surface area contributed by atoms with Gasteiger partial charge in [-0.3, -0.25) is 10.2 Å². The van der Waals surface area contributed by atoms with Crippen LogP contribution < -0.4 is 20.4 Å². The van der Waals surface area contributed by atoms with E-state index >= 15 is 0 Å². The molecule has 0 aliphatic carbocycles. The van der Waals surface area contributed by atoms with Crippen molar-refractivity contribution in [3.63, 3.8) is 0 Å². The van der Waals surface area contributed by atoms with E-state index in [1.165, 1.54) is 0 Å². The second-order valence-electron chi connectivity index (χ2n) is 8.12. The molecule has 1 amide bonds. The summed E-state index contributed by atoms with van der Waals surface area (Å²) in [7, 11) is 0. The summed E-state index contributed by atoms with van der Waals surface area (Å²) in [6.07, 6.45) is 1.34. The van der Waals surface area contributed by atoms with Gasteiger partial charge in [-0.25, -0.2) is 9.59 Å². The Morgan fingerprint density at radius 2 is 1.82 bits per heavy atom. The molecule has 8 heteroatoms. The summed E-state index contributed by atoms with van der Waals surface area (Å²) in [5.41, 5.74) is 1.43. The van der Waals surface area contributed by atoms with Crippen molar-refractivity contribution < 1.29 is 23.4 Å². The minimum atomic E-state index is -0.547. The molecule has 2 heterocycles. The number of amides is 1. The zero-order chi connectivity index (χ0) is 23.9. The molecule has 0 radical (unpaired) electrons. The summed E-state index contributed by atoms with van der Waals surface area (Å²) in [6, 6.07) is 14.6. The molecular formula is C26H30N2O6. The molecule has 1 N–H and O–H groups in total. The summed E-state index contributed by atoms with van der Waals surface area (Å²) >= 11 is 0. The Kier molecular flexibility index (Phi) is 7.69. The van der Waals surface area contributed by atoms with Crippen LogP contribution in [0.2, 0.25) is 0 Å². The summed E-state index contributed by atoms with van der Waals surface area (Å²) in [4.78, 5) is 26.2. The van der Waals surface area contributed by atoms with Crippen LogP contribution >= 0.6 is 0 Å². The van der Waals surface area contributed by atoms with E-state index in [0.717, 1.165) is 48.4 Å². The number of benzene rings is 2. The highest BCUT2D eigenvalue weighted by molar-refractivity contribution is 5.89. The van der Waals surface area contributed by atoms with E-state index in [2.05, 4.69) is 10.2 Å². The molecule has 1 aromatic heterocycles. The number of nitrogens with zero attached hydrogens (tertiary/aromatic N) is 1. The van der Waals surface area contributed by atoms with Crippen LogP contribution in [0.5, 0.6) is 11.5 Å². The minimum Gasteiger partial charge on any atom is -0.490 e. The summed E-state index contributed by atoms with van der Waals surface area (Å²) in [5, 5.41) is 3.48. The maximum atomic E-state index is 12.2.